The van der Waals surface area contributed by atoms with Gasteiger partial charge in [0.2, 0.25) is 5.75 Å². The van der Waals surface area contributed by atoms with E-state index >= 15 is 0 Å². The quantitative estimate of drug-likeness (QED) is 0.612. The lowest BCUT2D eigenvalue weighted by atomic mass is 10.2. The molecule has 0 radical (unpaired) electrons. The first-order valence-corrected chi connectivity index (χ1v) is 6.14. The number of ether oxygens (including phenoxy) is 1. The highest BCUT2D eigenvalue weighted by molar-refractivity contribution is 9.10. The number of nitro benzene ring substituents is 1. The van der Waals surface area contributed by atoms with Crippen LogP contribution in [0.3, 0.4) is 0 Å². The van der Waals surface area contributed by atoms with Crippen molar-refractivity contribution in [2.45, 2.75) is 6.92 Å². The minimum atomic E-state index is -0.529. The minimum absolute atomic E-state index is 0.114. The SMILES string of the molecule is Cc1cc(F)ccc1Oc1ccc(Br)cc1[N+](=O)[O-]. The third kappa shape index (κ3) is 3.08. The molecule has 0 fully saturated rings. The molecular formula is C13H9BrFNO3. The van der Waals surface area contributed by atoms with Gasteiger partial charge >= 0.3 is 5.69 Å². The van der Waals surface area contributed by atoms with Gasteiger partial charge in [0.1, 0.15) is 11.6 Å². The van der Waals surface area contributed by atoms with Crippen molar-refractivity contribution in [3.8, 4) is 11.5 Å². The number of benzene rings is 2. The van der Waals surface area contributed by atoms with Gasteiger partial charge in [0.15, 0.2) is 0 Å². The molecular weight excluding hydrogens is 317 g/mol. The summed E-state index contributed by atoms with van der Waals surface area (Å²) in [5, 5.41) is 10.9. The monoisotopic (exact) mass is 325 g/mol. The molecule has 0 aliphatic rings. The molecule has 2 aromatic carbocycles. The molecule has 98 valence electrons. The maximum absolute atomic E-state index is 13.0. The fourth-order valence-electron chi connectivity index (χ4n) is 1.57. The van der Waals surface area contributed by atoms with E-state index in [2.05, 4.69) is 15.9 Å². The van der Waals surface area contributed by atoms with Crippen LogP contribution in [0.1, 0.15) is 5.56 Å². The second-order valence-electron chi connectivity index (χ2n) is 3.88. The highest BCUT2D eigenvalue weighted by Crippen LogP contribution is 2.34. The van der Waals surface area contributed by atoms with Crippen LogP contribution in [0.2, 0.25) is 0 Å². The van der Waals surface area contributed by atoms with Crippen LogP contribution in [0.15, 0.2) is 40.9 Å². The van der Waals surface area contributed by atoms with Gasteiger partial charge < -0.3 is 4.74 Å². The van der Waals surface area contributed by atoms with Gasteiger partial charge in [-0.05, 0) is 42.8 Å². The van der Waals surface area contributed by atoms with Gasteiger partial charge in [-0.1, -0.05) is 15.9 Å². The van der Waals surface area contributed by atoms with Crippen LogP contribution in [0, 0.1) is 22.9 Å². The van der Waals surface area contributed by atoms with E-state index in [0.717, 1.165) is 0 Å². The average molecular weight is 326 g/mol. The van der Waals surface area contributed by atoms with Gasteiger partial charge in [-0.25, -0.2) is 4.39 Å². The average Bonchev–Trinajstić information content (AvgIpc) is 2.34. The van der Waals surface area contributed by atoms with E-state index in [1.165, 1.54) is 30.3 Å². The van der Waals surface area contributed by atoms with E-state index < -0.39 is 4.92 Å². The van der Waals surface area contributed by atoms with E-state index in [1.54, 1.807) is 13.0 Å². The number of nitrogens with zero attached hydrogens (tertiary/aromatic N) is 1. The Balaban J connectivity index is 2.40. The largest absolute Gasteiger partial charge is 0.450 e. The van der Waals surface area contributed by atoms with Crippen molar-refractivity contribution < 1.29 is 14.1 Å². The first-order valence-electron chi connectivity index (χ1n) is 5.35. The summed E-state index contributed by atoms with van der Waals surface area (Å²) in [5.74, 6) is 0.116. The standard InChI is InChI=1S/C13H9BrFNO3/c1-8-6-10(15)3-5-12(8)19-13-4-2-9(14)7-11(13)16(17)18/h2-7H,1H3. The number of hydrogen-bond acceptors (Lipinski definition) is 3. The van der Waals surface area contributed by atoms with E-state index in [0.29, 0.717) is 15.8 Å². The lowest BCUT2D eigenvalue weighted by Crippen LogP contribution is -1.95. The minimum Gasteiger partial charge on any atom is -0.450 e. The molecule has 0 aliphatic heterocycles. The number of halogens is 2. The molecule has 0 unspecified atom stereocenters. The van der Waals surface area contributed by atoms with Crippen molar-refractivity contribution in [2.75, 3.05) is 0 Å². The van der Waals surface area contributed by atoms with Crippen molar-refractivity contribution in [2.24, 2.45) is 0 Å². The molecule has 0 aliphatic carbocycles. The first-order chi connectivity index (χ1) is 8.97. The fourth-order valence-corrected chi connectivity index (χ4v) is 1.91. The zero-order valence-electron chi connectivity index (χ0n) is 9.89. The van der Waals surface area contributed by atoms with Crippen LogP contribution >= 0.6 is 15.9 Å². The number of aryl methyl sites for hydroxylation is 1. The third-order valence-corrected chi connectivity index (χ3v) is 2.97. The normalized spacial score (nSPS) is 10.3. The maximum atomic E-state index is 13.0. The zero-order valence-corrected chi connectivity index (χ0v) is 11.5. The molecule has 0 aromatic heterocycles. The van der Waals surface area contributed by atoms with E-state index in [4.69, 9.17) is 4.74 Å². The Morgan fingerprint density at radius 1 is 1.21 bits per heavy atom. The fraction of sp³-hybridized carbons (Fsp3) is 0.0769. The Kier molecular flexibility index (Phi) is 3.80. The lowest BCUT2D eigenvalue weighted by Gasteiger charge is -2.09. The summed E-state index contributed by atoms with van der Waals surface area (Å²) >= 11 is 3.16. The summed E-state index contributed by atoms with van der Waals surface area (Å²) in [4.78, 5) is 10.4. The molecule has 2 rings (SSSR count). The van der Waals surface area contributed by atoms with E-state index in [1.807, 2.05) is 0 Å². The highest BCUT2D eigenvalue weighted by atomic mass is 79.9. The van der Waals surface area contributed by atoms with Crippen LogP contribution < -0.4 is 4.74 Å². The molecule has 0 amide bonds. The highest BCUT2D eigenvalue weighted by Gasteiger charge is 2.17. The second-order valence-corrected chi connectivity index (χ2v) is 4.80. The molecule has 19 heavy (non-hydrogen) atoms. The molecule has 0 atom stereocenters. The van der Waals surface area contributed by atoms with Gasteiger partial charge in [0.05, 0.1) is 4.92 Å². The molecule has 0 spiro atoms. The first kappa shape index (κ1) is 13.5. The Morgan fingerprint density at radius 2 is 1.89 bits per heavy atom. The van der Waals surface area contributed by atoms with Crippen LogP contribution in [0.25, 0.3) is 0 Å². The Hall–Kier alpha value is -1.95. The Labute approximate surface area is 117 Å². The van der Waals surface area contributed by atoms with Crippen LogP contribution in [-0.4, -0.2) is 4.92 Å². The molecule has 2 aromatic rings. The molecule has 4 nitrogen and oxygen atoms in total. The molecule has 0 saturated heterocycles. The molecule has 0 saturated carbocycles. The predicted molar refractivity (Wildman–Crippen MR) is 72.0 cm³/mol. The summed E-state index contributed by atoms with van der Waals surface area (Å²) < 4.78 is 19.0. The van der Waals surface area contributed by atoms with Crippen molar-refractivity contribution in [1.82, 2.24) is 0 Å². The van der Waals surface area contributed by atoms with Crippen molar-refractivity contribution in [1.29, 1.82) is 0 Å². The number of nitro groups is 1. The van der Waals surface area contributed by atoms with Crippen LogP contribution in [0.4, 0.5) is 10.1 Å². The summed E-state index contributed by atoms with van der Waals surface area (Å²) in [6.45, 7) is 1.67. The number of hydrogen-bond donors (Lipinski definition) is 0. The van der Waals surface area contributed by atoms with Crippen molar-refractivity contribution >= 4 is 21.6 Å². The van der Waals surface area contributed by atoms with Gasteiger partial charge in [-0.3, -0.25) is 10.1 Å². The lowest BCUT2D eigenvalue weighted by molar-refractivity contribution is -0.385. The van der Waals surface area contributed by atoms with Crippen molar-refractivity contribution in [3.63, 3.8) is 0 Å². The summed E-state index contributed by atoms with van der Waals surface area (Å²) in [6.07, 6.45) is 0. The molecule has 6 heteroatoms. The number of rotatable bonds is 3. The molecule has 0 heterocycles. The van der Waals surface area contributed by atoms with E-state index in [9.17, 15) is 14.5 Å². The smallest absolute Gasteiger partial charge is 0.312 e. The molecule has 0 bridgehead atoms. The van der Waals surface area contributed by atoms with Gasteiger partial charge in [0.25, 0.3) is 0 Å². The van der Waals surface area contributed by atoms with Crippen LogP contribution in [-0.2, 0) is 0 Å². The molecule has 0 N–H and O–H groups in total. The summed E-state index contributed by atoms with van der Waals surface area (Å²) in [6, 6.07) is 8.48. The second kappa shape index (κ2) is 5.36. The van der Waals surface area contributed by atoms with E-state index in [-0.39, 0.29) is 17.3 Å². The Bertz CT molecular complexity index is 646. The summed E-state index contributed by atoms with van der Waals surface area (Å²) in [5.41, 5.74) is 0.412. The van der Waals surface area contributed by atoms with Crippen molar-refractivity contribution in [3.05, 3.63) is 62.4 Å². The maximum Gasteiger partial charge on any atom is 0.312 e. The van der Waals surface area contributed by atoms with Gasteiger partial charge in [-0.2, -0.15) is 0 Å². The van der Waals surface area contributed by atoms with Crippen LogP contribution in [0.5, 0.6) is 11.5 Å². The zero-order chi connectivity index (χ0) is 14.0. The van der Waals surface area contributed by atoms with Gasteiger partial charge in [-0.15, -0.1) is 0 Å². The predicted octanol–water partition coefficient (Wildman–Crippen LogP) is 4.60. The topological polar surface area (TPSA) is 52.4 Å². The van der Waals surface area contributed by atoms with Gasteiger partial charge in [0, 0.05) is 10.5 Å². The summed E-state index contributed by atoms with van der Waals surface area (Å²) in [7, 11) is 0. The third-order valence-electron chi connectivity index (χ3n) is 2.47. The Morgan fingerprint density at radius 3 is 2.53 bits per heavy atom.